The largest absolute Gasteiger partial charge is 0.506 e. The molecule has 0 bridgehead atoms. The lowest BCUT2D eigenvalue weighted by Crippen LogP contribution is -2.05. The number of hydrogen-bond donors (Lipinski definition) is 2. The molecular weight excluding hydrogens is 258 g/mol. The Kier molecular flexibility index (Phi) is 3.52. The van der Waals surface area contributed by atoms with Gasteiger partial charge in [-0.15, -0.1) is 0 Å². The quantitative estimate of drug-likeness (QED) is 0.810. The Hall–Kier alpha value is -1.29. The molecule has 0 heterocycles. The summed E-state index contributed by atoms with van der Waals surface area (Å²) in [6, 6.07) is 1.80. The molecule has 1 aromatic carbocycles. The number of carbonyl (C=O) groups excluding carboxylic acids is 1. The molecule has 0 aliphatic carbocycles. The van der Waals surface area contributed by atoms with E-state index in [1.165, 1.54) is 12.2 Å². The van der Waals surface area contributed by atoms with Crippen LogP contribution in [0, 0.1) is 13.8 Å². The minimum atomic E-state index is -0.538. The Bertz CT molecular complexity index is 439. The van der Waals surface area contributed by atoms with Crippen molar-refractivity contribution in [3.8, 4) is 5.75 Å². The molecule has 0 fully saturated rings. The van der Waals surface area contributed by atoms with Gasteiger partial charge in [0.25, 0.3) is 0 Å². The van der Waals surface area contributed by atoms with Crippen LogP contribution in [0.5, 0.6) is 5.75 Å². The molecule has 0 saturated heterocycles. The Labute approximate surface area is 96.7 Å². The summed E-state index contributed by atoms with van der Waals surface area (Å²) in [4.78, 5) is 10.6. The van der Waals surface area contributed by atoms with Crippen molar-refractivity contribution >= 4 is 27.9 Å². The third-order valence-electron chi connectivity index (χ3n) is 2.20. The summed E-state index contributed by atoms with van der Waals surface area (Å²) < 4.78 is 0.645. The third kappa shape index (κ3) is 2.59. The van der Waals surface area contributed by atoms with Gasteiger partial charge in [0.2, 0.25) is 5.91 Å². The molecule has 0 aliphatic heterocycles. The van der Waals surface area contributed by atoms with Crippen LogP contribution in [0.3, 0.4) is 0 Å². The number of carbonyl (C=O) groups is 1. The van der Waals surface area contributed by atoms with Crippen LogP contribution in [-0.2, 0) is 4.79 Å². The number of amides is 1. The third-order valence-corrected chi connectivity index (χ3v) is 3.17. The van der Waals surface area contributed by atoms with Crippen molar-refractivity contribution in [2.45, 2.75) is 13.8 Å². The first kappa shape index (κ1) is 11.8. The fraction of sp³-hybridized carbons (Fsp3) is 0.182. The van der Waals surface area contributed by atoms with Crippen molar-refractivity contribution in [3.05, 3.63) is 33.3 Å². The maximum Gasteiger partial charge on any atom is 0.241 e. The second-order valence-corrected chi connectivity index (χ2v) is 4.10. The molecule has 0 radical (unpaired) electrons. The highest BCUT2D eigenvalue weighted by atomic mass is 79.9. The van der Waals surface area contributed by atoms with Gasteiger partial charge in [0.05, 0.1) is 4.47 Å². The lowest BCUT2D eigenvalue weighted by atomic mass is 10.0. The van der Waals surface area contributed by atoms with E-state index in [0.29, 0.717) is 10.0 Å². The first-order chi connectivity index (χ1) is 6.93. The Balaban J connectivity index is 3.26. The fourth-order valence-electron chi connectivity index (χ4n) is 1.19. The van der Waals surface area contributed by atoms with Crippen molar-refractivity contribution in [1.29, 1.82) is 0 Å². The molecule has 3 N–H and O–H groups in total. The fourth-order valence-corrected chi connectivity index (χ4v) is 1.73. The molecule has 1 aromatic rings. The second-order valence-electron chi connectivity index (χ2n) is 3.31. The summed E-state index contributed by atoms with van der Waals surface area (Å²) in [7, 11) is 0. The SMILES string of the molecule is Cc1cc(/C=C/C(N)=O)c(O)c(Br)c1C. The topological polar surface area (TPSA) is 63.3 Å². The smallest absolute Gasteiger partial charge is 0.241 e. The van der Waals surface area contributed by atoms with Crippen LogP contribution >= 0.6 is 15.9 Å². The van der Waals surface area contributed by atoms with E-state index in [-0.39, 0.29) is 5.75 Å². The number of hydrogen-bond acceptors (Lipinski definition) is 2. The predicted molar refractivity (Wildman–Crippen MR) is 63.5 cm³/mol. The van der Waals surface area contributed by atoms with Crippen LogP contribution in [0.4, 0.5) is 0 Å². The molecule has 0 aliphatic rings. The number of aromatic hydroxyl groups is 1. The molecule has 0 unspecified atom stereocenters. The number of halogens is 1. The molecule has 15 heavy (non-hydrogen) atoms. The lowest BCUT2D eigenvalue weighted by Gasteiger charge is -2.08. The van der Waals surface area contributed by atoms with Gasteiger partial charge < -0.3 is 10.8 Å². The normalized spacial score (nSPS) is 10.9. The van der Waals surface area contributed by atoms with E-state index in [2.05, 4.69) is 15.9 Å². The summed E-state index contributed by atoms with van der Waals surface area (Å²) >= 11 is 3.29. The van der Waals surface area contributed by atoms with Crippen LogP contribution in [0.15, 0.2) is 16.6 Å². The molecule has 0 spiro atoms. The average Bonchev–Trinajstić information content (AvgIpc) is 2.18. The molecule has 4 heteroatoms. The maximum atomic E-state index is 10.6. The first-order valence-corrected chi connectivity index (χ1v) is 5.19. The van der Waals surface area contributed by atoms with E-state index >= 15 is 0 Å². The predicted octanol–water partition coefficient (Wildman–Crippen LogP) is 2.27. The molecule has 1 rings (SSSR count). The summed E-state index contributed by atoms with van der Waals surface area (Å²) in [5.74, 6) is -0.417. The molecule has 0 saturated carbocycles. The molecular formula is C11H12BrNO2. The van der Waals surface area contributed by atoms with Crippen molar-refractivity contribution in [2.24, 2.45) is 5.73 Å². The zero-order valence-electron chi connectivity index (χ0n) is 8.54. The lowest BCUT2D eigenvalue weighted by molar-refractivity contribution is -0.113. The van der Waals surface area contributed by atoms with Gasteiger partial charge in [0.15, 0.2) is 0 Å². The molecule has 80 valence electrons. The highest BCUT2D eigenvalue weighted by Gasteiger charge is 2.08. The maximum absolute atomic E-state index is 10.6. The standard InChI is InChI=1S/C11H12BrNO2/c1-6-5-8(3-4-9(13)14)11(15)10(12)7(6)2/h3-5,15H,1-2H3,(H2,13,14)/b4-3+. The van der Waals surface area contributed by atoms with Crippen LogP contribution < -0.4 is 5.73 Å². The van der Waals surface area contributed by atoms with Crippen LogP contribution in [0.2, 0.25) is 0 Å². The highest BCUT2D eigenvalue weighted by molar-refractivity contribution is 9.10. The van der Waals surface area contributed by atoms with E-state index in [1.807, 2.05) is 13.8 Å². The highest BCUT2D eigenvalue weighted by Crippen LogP contribution is 2.33. The number of benzene rings is 1. The Morgan fingerprint density at radius 2 is 2.13 bits per heavy atom. The van der Waals surface area contributed by atoms with Gasteiger partial charge in [-0.3, -0.25) is 4.79 Å². The van der Waals surface area contributed by atoms with Crippen LogP contribution in [-0.4, -0.2) is 11.0 Å². The molecule has 0 atom stereocenters. The van der Waals surface area contributed by atoms with Gasteiger partial charge in [-0.2, -0.15) is 0 Å². The van der Waals surface area contributed by atoms with E-state index in [4.69, 9.17) is 5.73 Å². The van der Waals surface area contributed by atoms with Gasteiger partial charge in [0, 0.05) is 11.6 Å². The number of nitrogens with two attached hydrogens (primary N) is 1. The van der Waals surface area contributed by atoms with Gasteiger partial charge in [-0.25, -0.2) is 0 Å². The van der Waals surface area contributed by atoms with E-state index in [1.54, 1.807) is 6.07 Å². The van der Waals surface area contributed by atoms with Crippen molar-refractivity contribution in [1.82, 2.24) is 0 Å². The van der Waals surface area contributed by atoms with Crippen molar-refractivity contribution in [3.63, 3.8) is 0 Å². The summed E-state index contributed by atoms with van der Waals surface area (Å²) in [5.41, 5.74) is 7.56. The van der Waals surface area contributed by atoms with Crippen LogP contribution in [0.1, 0.15) is 16.7 Å². The van der Waals surface area contributed by atoms with E-state index in [0.717, 1.165) is 11.1 Å². The average molecular weight is 270 g/mol. The van der Waals surface area contributed by atoms with Gasteiger partial charge >= 0.3 is 0 Å². The zero-order valence-corrected chi connectivity index (χ0v) is 10.1. The molecule has 1 amide bonds. The Morgan fingerprint density at radius 1 is 1.53 bits per heavy atom. The summed E-state index contributed by atoms with van der Waals surface area (Å²) in [5, 5.41) is 9.77. The zero-order chi connectivity index (χ0) is 11.6. The number of phenols is 1. The van der Waals surface area contributed by atoms with E-state index < -0.39 is 5.91 Å². The monoisotopic (exact) mass is 269 g/mol. The summed E-state index contributed by atoms with van der Waals surface area (Å²) in [6.07, 6.45) is 2.71. The number of rotatable bonds is 2. The number of aryl methyl sites for hydroxylation is 1. The minimum Gasteiger partial charge on any atom is -0.506 e. The van der Waals surface area contributed by atoms with Crippen molar-refractivity contribution < 1.29 is 9.90 Å². The Morgan fingerprint density at radius 3 is 2.67 bits per heavy atom. The molecule has 3 nitrogen and oxygen atoms in total. The summed E-state index contributed by atoms with van der Waals surface area (Å²) in [6.45, 7) is 3.84. The van der Waals surface area contributed by atoms with Crippen molar-refractivity contribution in [2.75, 3.05) is 0 Å². The van der Waals surface area contributed by atoms with Gasteiger partial charge in [-0.1, -0.05) is 0 Å². The number of primary amides is 1. The van der Waals surface area contributed by atoms with Gasteiger partial charge in [-0.05, 0) is 53.0 Å². The molecule has 0 aromatic heterocycles. The van der Waals surface area contributed by atoms with Gasteiger partial charge in [0.1, 0.15) is 5.75 Å². The minimum absolute atomic E-state index is 0.121. The van der Waals surface area contributed by atoms with E-state index in [9.17, 15) is 9.90 Å². The second kappa shape index (κ2) is 4.49. The first-order valence-electron chi connectivity index (χ1n) is 4.39. The number of phenolic OH excluding ortho intramolecular Hbond substituents is 1. The van der Waals surface area contributed by atoms with Crippen LogP contribution in [0.25, 0.3) is 6.08 Å².